The van der Waals surface area contributed by atoms with Crippen LogP contribution in [0.1, 0.15) is 30.9 Å². The van der Waals surface area contributed by atoms with Gasteiger partial charge in [-0.2, -0.15) is 0 Å². The van der Waals surface area contributed by atoms with E-state index in [4.69, 9.17) is 0 Å². The molecule has 1 N–H and O–H groups in total. The molecule has 0 aromatic heterocycles. The third-order valence-corrected chi connectivity index (χ3v) is 2.27. The molecule has 0 radical (unpaired) electrons. The van der Waals surface area contributed by atoms with Crippen LogP contribution in [-0.4, -0.2) is 13.1 Å². The van der Waals surface area contributed by atoms with E-state index in [0.717, 1.165) is 19.5 Å². The number of nitrogens with one attached hydrogen (secondary N) is 1. The first-order valence-corrected chi connectivity index (χ1v) is 5.77. The lowest BCUT2D eigenvalue weighted by atomic mass is 10.1. The predicted octanol–water partition coefficient (Wildman–Crippen LogP) is 3.40. The van der Waals surface area contributed by atoms with Crippen LogP contribution in [-0.2, 0) is 0 Å². The zero-order valence-corrected chi connectivity index (χ0v) is 9.79. The topological polar surface area (TPSA) is 12.0 Å². The second kappa shape index (κ2) is 7.24. The van der Waals surface area contributed by atoms with E-state index in [1.807, 2.05) is 0 Å². The van der Waals surface area contributed by atoms with Crippen LogP contribution in [0, 0.1) is 6.92 Å². The summed E-state index contributed by atoms with van der Waals surface area (Å²) in [4.78, 5) is 0. The Labute approximate surface area is 93.2 Å². The highest BCUT2D eigenvalue weighted by Gasteiger charge is 1.87. The van der Waals surface area contributed by atoms with Gasteiger partial charge in [0.15, 0.2) is 0 Å². The van der Waals surface area contributed by atoms with Crippen molar-refractivity contribution in [3.8, 4) is 0 Å². The summed E-state index contributed by atoms with van der Waals surface area (Å²) >= 11 is 0. The molecule has 1 rings (SSSR count). The maximum absolute atomic E-state index is 3.38. The van der Waals surface area contributed by atoms with Gasteiger partial charge in [0.1, 0.15) is 0 Å². The van der Waals surface area contributed by atoms with Crippen LogP contribution >= 0.6 is 0 Å². The van der Waals surface area contributed by atoms with Crippen LogP contribution in [0.3, 0.4) is 0 Å². The molecule has 0 heterocycles. The molecule has 0 fully saturated rings. The van der Waals surface area contributed by atoms with E-state index in [1.165, 1.54) is 17.5 Å². The molecule has 0 atom stereocenters. The lowest BCUT2D eigenvalue weighted by Gasteiger charge is -1.98. The van der Waals surface area contributed by atoms with Crippen molar-refractivity contribution in [1.82, 2.24) is 5.32 Å². The highest BCUT2D eigenvalue weighted by Crippen LogP contribution is 2.05. The smallest absolute Gasteiger partial charge is 0.00142 e. The predicted molar refractivity (Wildman–Crippen MR) is 68.0 cm³/mol. The quantitative estimate of drug-likeness (QED) is 0.699. The minimum Gasteiger partial charge on any atom is -0.316 e. The summed E-state index contributed by atoms with van der Waals surface area (Å²) in [5.41, 5.74) is 2.62. The van der Waals surface area contributed by atoms with Gasteiger partial charge in [-0.15, -0.1) is 0 Å². The molecule has 0 aliphatic carbocycles. The first kappa shape index (κ1) is 12.0. The van der Waals surface area contributed by atoms with Crippen LogP contribution in [0.5, 0.6) is 0 Å². The summed E-state index contributed by atoms with van der Waals surface area (Å²) in [7, 11) is 0. The fourth-order valence-electron chi connectivity index (χ4n) is 1.48. The van der Waals surface area contributed by atoms with Gasteiger partial charge in [0.25, 0.3) is 0 Å². The van der Waals surface area contributed by atoms with Crippen molar-refractivity contribution in [2.45, 2.75) is 26.7 Å². The minimum absolute atomic E-state index is 1.08. The Morgan fingerprint density at radius 2 is 2.13 bits per heavy atom. The van der Waals surface area contributed by atoms with Gasteiger partial charge in [-0.25, -0.2) is 0 Å². The van der Waals surface area contributed by atoms with Gasteiger partial charge in [-0.1, -0.05) is 48.9 Å². The van der Waals surface area contributed by atoms with Crippen molar-refractivity contribution < 1.29 is 0 Å². The molecule has 0 aliphatic rings. The maximum atomic E-state index is 3.38. The van der Waals surface area contributed by atoms with E-state index < -0.39 is 0 Å². The fraction of sp³-hybridized carbons (Fsp3) is 0.429. The first-order valence-electron chi connectivity index (χ1n) is 5.77. The molecular formula is C14H21N. The van der Waals surface area contributed by atoms with Crippen molar-refractivity contribution in [1.29, 1.82) is 0 Å². The third kappa shape index (κ3) is 5.38. The molecule has 82 valence electrons. The van der Waals surface area contributed by atoms with Gasteiger partial charge < -0.3 is 5.32 Å². The average molecular weight is 203 g/mol. The van der Waals surface area contributed by atoms with Gasteiger partial charge >= 0.3 is 0 Å². The Morgan fingerprint density at radius 1 is 1.27 bits per heavy atom. The molecule has 0 saturated heterocycles. The summed E-state index contributed by atoms with van der Waals surface area (Å²) < 4.78 is 0. The lowest BCUT2D eigenvalue weighted by Crippen LogP contribution is -2.14. The van der Waals surface area contributed by atoms with Crippen molar-refractivity contribution in [3.63, 3.8) is 0 Å². The molecule has 0 aliphatic heterocycles. The zero-order valence-electron chi connectivity index (χ0n) is 9.79. The Bertz CT molecular complexity index is 302. The van der Waals surface area contributed by atoms with Crippen molar-refractivity contribution in [2.24, 2.45) is 0 Å². The molecule has 0 spiro atoms. The molecule has 0 bridgehead atoms. The Morgan fingerprint density at radius 3 is 2.87 bits per heavy atom. The normalized spacial score (nSPS) is 11.1. The van der Waals surface area contributed by atoms with E-state index in [-0.39, 0.29) is 0 Å². The van der Waals surface area contributed by atoms with Crippen LogP contribution < -0.4 is 5.32 Å². The number of rotatable bonds is 6. The molecule has 1 aromatic rings. The van der Waals surface area contributed by atoms with E-state index in [0.29, 0.717) is 0 Å². The summed E-state index contributed by atoms with van der Waals surface area (Å²) in [6.07, 6.45) is 6.74. The van der Waals surface area contributed by atoms with E-state index in [1.54, 1.807) is 0 Å². The Hall–Kier alpha value is -1.08. The number of benzene rings is 1. The molecule has 0 saturated carbocycles. The molecule has 0 unspecified atom stereocenters. The molecular weight excluding hydrogens is 182 g/mol. The van der Waals surface area contributed by atoms with Crippen LogP contribution in [0.2, 0.25) is 0 Å². The van der Waals surface area contributed by atoms with Gasteiger partial charge in [-0.05, 0) is 38.4 Å². The van der Waals surface area contributed by atoms with Crippen molar-refractivity contribution in [2.75, 3.05) is 13.1 Å². The van der Waals surface area contributed by atoms with Gasteiger partial charge in [0, 0.05) is 0 Å². The highest BCUT2D eigenvalue weighted by atomic mass is 14.8. The monoisotopic (exact) mass is 203 g/mol. The van der Waals surface area contributed by atoms with Gasteiger partial charge in [0.2, 0.25) is 0 Å². The van der Waals surface area contributed by atoms with E-state index >= 15 is 0 Å². The first-order chi connectivity index (χ1) is 7.33. The third-order valence-electron chi connectivity index (χ3n) is 2.27. The highest BCUT2D eigenvalue weighted by molar-refractivity contribution is 5.49. The van der Waals surface area contributed by atoms with Crippen LogP contribution in [0.4, 0.5) is 0 Å². The molecule has 15 heavy (non-hydrogen) atoms. The van der Waals surface area contributed by atoms with Gasteiger partial charge in [-0.3, -0.25) is 0 Å². The SMILES string of the molecule is CCCNCCC=Cc1cccc(C)c1. The summed E-state index contributed by atoms with van der Waals surface area (Å²) in [6, 6.07) is 8.57. The second-order valence-electron chi connectivity index (χ2n) is 3.86. The molecule has 0 amide bonds. The van der Waals surface area contributed by atoms with E-state index in [2.05, 4.69) is 55.6 Å². The van der Waals surface area contributed by atoms with Crippen molar-refractivity contribution >= 4 is 6.08 Å². The number of hydrogen-bond acceptors (Lipinski definition) is 1. The summed E-state index contributed by atoms with van der Waals surface area (Å²) in [5, 5.41) is 3.38. The number of aryl methyl sites for hydroxylation is 1. The minimum atomic E-state index is 1.08. The molecule has 1 aromatic carbocycles. The Balaban J connectivity index is 2.26. The van der Waals surface area contributed by atoms with Crippen molar-refractivity contribution in [3.05, 3.63) is 41.5 Å². The lowest BCUT2D eigenvalue weighted by molar-refractivity contribution is 0.679. The second-order valence-corrected chi connectivity index (χ2v) is 3.86. The average Bonchev–Trinajstić information content (AvgIpc) is 2.23. The molecule has 1 nitrogen and oxygen atoms in total. The largest absolute Gasteiger partial charge is 0.316 e. The Kier molecular flexibility index (Phi) is 5.79. The zero-order chi connectivity index (χ0) is 10.9. The summed E-state index contributed by atoms with van der Waals surface area (Å²) in [6.45, 7) is 6.52. The van der Waals surface area contributed by atoms with E-state index in [9.17, 15) is 0 Å². The van der Waals surface area contributed by atoms with Crippen LogP contribution in [0.25, 0.3) is 6.08 Å². The maximum Gasteiger partial charge on any atom is -0.00142 e. The van der Waals surface area contributed by atoms with Gasteiger partial charge in [0.05, 0.1) is 0 Å². The molecule has 1 heteroatoms. The number of hydrogen-bond donors (Lipinski definition) is 1. The fourth-order valence-corrected chi connectivity index (χ4v) is 1.48. The summed E-state index contributed by atoms with van der Waals surface area (Å²) in [5.74, 6) is 0. The standard InChI is InChI=1S/C14H21N/c1-3-10-15-11-5-4-8-14-9-6-7-13(2)12-14/h4,6-9,12,15H,3,5,10-11H2,1-2H3. The van der Waals surface area contributed by atoms with Crippen LogP contribution in [0.15, 0.2) is 30.3 Å².